The molecule has 4 nitrogen and oxygen atoms in total. The number of carboxylic acids is 1. The summed E-state index contributed by atoms with van der Waals surface area (Å²) >= 11 is 0. The van der Waals surface area contributed by atoms with E-state index in [0.717, 1.165) is 12.0 Å². The molecule has 0 heterocycles. The predicted molar refractivity (Wildman–Crippen MR) is 83.1 cm³/mol. The molecule has 0 spiro atoms. The quantitative estimate of drug-likeness (QED) is 0.773. The minimum Gasteiger partial charge on any atom is -0.480 e. The van der Waals surface area contributed by atoms with E-state index in [9.17, 15) is 9.59 Å². The zero-order valence-electron chi connectivity index (χ0n) is 13.0. The number of carbonyl (C=O) groups excluding carboxylic acids is 1. The highest BCUT2D eigenvalue weighted by molar-refractivity contribution is 5.83. The molecular weight excluding hydrogens is 266 g/mol. The standard InChI is InChI=1S/C17H25NO3/c1-4-13(14-8-6-5-7-9-14)11-16(19)18-15(17(20)21)10-12(2)3/h5-9,12-13,15H,4,10-11H2,1-3H3,(H,18,19)(H,20,21)/t13?,15-/m0/s1. The molecule has 1 amide bonds. The molecule has 0 aromatic heterocycles. The normalized spacial score (nSPS) is 13.7. The lowest BCUT2D eigenvalue weighted by atomic mass is 9.92. The van der Waals surface area contributed by atoms with Gasteiger partial charge in [0.15, 0.2) is 0 Å². The Bertz CT molecular complexity index is 456. The van der Waals surface area contributed by atoms with Crippen molar-refractivity contribution in [3.8, 4) is 0 Å². The van der Waals surface area contributed by atoms with E-state index in [2.05, 4.69) is 5.32 Å². The Morgan fingerprint density at radius 1 is 1.19 bits per heavy atom. The maximum absolute atomic E-state index is 12.1. The fourth-order valence-electron chi connectivity index (χ4n) is 2.39. The first kappa shape index (κ1) is 17.2. The van der Waals surface area contributed by atoms with Gasteiger partial charge >= 0.3 is 5.97 Å². The number of hydrogen-bond acceptors (Lipinski definition) is 2. The number of nitrogens with one attached hydrogen (secondary N) is 1. The van der Waals surface area contributed by atoms with Gasteiger partial charge in [-0.15, -0.1) is 0 Å². The van der Waals surface area contributed by atoms with Crippen LogP contribution in [0.5, 0.6) is 0 Å². The Labute approximate surface area is 126 Å². The van der Waals surface area contributed by atoms with E-state index in [-0.39, 0.29) is 17.7 Å². The molecule has 0 aliphatic rings. The maximum Gasteiger partial charge on any atom is 0.326 e. The van der Waals surface area contributed by atoms with E-state index in [0.29, 0.717) is 12.8 Å². The molecule has 1 unspecified atom stereocenters. The number of aliphatic carboxylic acids is 1. The Morgan fingerprint density at radius 2 is 1.81 bits per heavy atom. The second-order valence-electron chi connectivity index (χ2n) is 5.81. The van der Waals surface area contributed by atoms with Gasteiger partial charge < -0.3 is 10.4 Å². The second-order valence-corrected chi connectivity index (χ2v) is 5.81. The van der Waals surface area contributed by atoms with Gasteiger partial charge in [-0.25, -0.2) is 4.79 Å². The lowest BCUT2D eigenvalue weighted by molar-refractivity contribution is -0.142. The van der Waals surface area contributed by atoms with E-state index in [4.69, 9.17) is 5.11 Å². The van der Waals surface area contributed by atoms with Crippen LogP contribution in [0.1, 0.15) is 51.5 Å². The summed E-state index contributed by atoms with van der Waals surface area (Å²) in [4.78, 5) is 23.3. The molecule has 4 heteroatoms. The highest BCUT2D eigenvalue weighted by Gasteiger charge is 2.22. The van der Waals surface area contributed by atoms with Crippen molar-refractivity contribution in [3.05, 3.63) is 35.9 Å². The molecular formula is C17H25NO3. The minimum absolute atomic E-state index is 0.125. The van der Waals surface area contributed by atoms with Crippen molar-refractivity contribution in [3.63, 3.8) is 0 Å². The largest absolute Gasteiger partial charge is 0.480 e. The lowest BCUT2D eigenvalue weighted by Crippen LogP contribution is -2.42. The van der Waals surface area contributed by atoms with Crippen molar-refractivity contribution in [1.82, 2.24) is 5.32 Å². The molecule has 0 bridgehead atoms. The van der Waals surface area contributed by atoms with Crippen molar-refractivity contribution in [2.75, 3.05) is 0 Å². The number of hydrogen-bond donors (Lipinski definition) is 2. The van der Waals surface area contributed by atoms with E-state index in [1.807, 2.05) is 51.1 Å². The summed E-state index contributed by atoms with van der Waals surface area (Å²) in [6.07, 6.45) is 1.62. The predicted octanol–water partition coefficient (Wildman–Crippen LogP) is 3.19. The van der Waals surface area contributed by atoms with Crippen LogP contribution in [0.4, 0.5) is 0 Å². The summed E-state index contributed by atoms with van der Waals surface area (Å²) in [5.74, 6) is -0.814. The number of amides is 1. The zero-order chi connectivity index (χ0) is 15.8. The topological polar surface area (TPSA) is 66.4 Å². The fraction of sp³-hybridized carbons (Fsp3) is 0.529. The van der Waals surface area contributed by atoms with E-state index < -0.39 is 12.0 Å². The van der Waals surface area contributed by atoms with Gasteiger partial charge in [-0.3, -0.25) is 4.79 Å². The van der Waals surface area contributed by atoms with Crippen molar-refractivity contribution in [2.24, 2.45) is 5.92 Å². The van der Waals surface area contributed by atoms with Crippen LogP contribution in [-0.2, 0) is 9.59 Å². The van der Waals surface area contributed by atoms with E-state index >= 15 is 0 Å². The molecule has 0 radical (unpaired) electrons. The third kappa shape index (κ3) is 5.98. The molecule has 1 rings (SSSR count). The average Bonchev–Trinajstić information content (AvgIpc) is 2.44. The number of benzene rings is 1. The Hall–Kier alpha value is -1.84. The number of rotatable bonds is 8. The third-order valence-electron chi connectivity index (χ3n) is 3.54. The van der Waals surface area contributed by atoms with Crippen LogP contribution in [0.15, 0.2) is 30.3 Å². The van der Waals surface area contributed by atoms with Crippen molar-refractivity contribution in [1.29, 1.82) is 0 Å². The first-order chi connectivity index (χ1) is 9.93. The average molecular weight is 291 g/mol. The van der Waals surface area contributed by atoms with Crippen LogP contribution in [0, 0.1) is 5.92 Å². The van der Waals surface area contributed by atoms with Crippen LogP contribution >= 0.6 is 0 Å². The molecule has 21 heavy (non-hydrogen) atoms. The Kier molecular flexibility index (Phi) is 6.92. The molecule has 0 fully saturated rings. The van der Waals surface area contributed by atoms with E-state index in [1.54, 1.807) is 0 Å². The highest BCUT2D eigenvalue weighted by atomic mass is 16.4. The van der Waals surface area contributed by atoms with Gasteiger partial charge in [0.1, 0.15) is 6.04 Å². The van der Waals surface area contributed by atoms with Gasteiger partial charge in [0.2, 0.25) is 5.91 Å². The molecule has 2 atom stereocenters. The third-order valence-corrected chi connectivity index (χ3v) is 3.54. The minimum atomic E-state index is -0.968. The van der Waals surface area contributed by atoms with Gasteiger partial charge in [-0.2, -0.15) is 0 Å². The molecule has 2 N–H and O–H groups in total. The summed E-state index contributed by atoms with van der Waals surface area (Å²) in [6, 6.07) is 9.06. The maximum atomic E-state index is 12.1. The van der Waals surface area contributed by atoms with Gasteiger partial charge in [0.25, 0.3) is 0 Å². The van der Waals surface area contributed by atoms with Gasteiger partial charge in [-0.1, -0.05) is 51.1 Å². The van der Waals surface area contributed by atoms with Crippen LogP contribution in [-0.4, -0.2) is 23.0 Å². The van der Waals surface area contributed by atoms with E-state index in [1.165, 1.54) is 0 Å². The lowest BCUT2D eigenvalue weighted by Gasteiger charge is -2.19. The Morgan fingerprint density at radius 3 is 2.29 bits per heavy atom. The van der Waals surface area contributed by atoms with Crippen LogP contribution in [0.2, 0.25) is 0 Å². The van der Waals surface area contributed by atoms with Crippen molar-refractivity contribution < 1.29 is 14.7 Å². The first-order valence-electron chi connectivity index (χ1n) is 7.51. The summed E-state index contributed by atoms with van der Waals surface area (Å²) in [5.41, 5.74) is 1.12. The summed E-state index contributed by atoms with van der Waals surface area (Å²) < 4.78 is 0. The molecule has 0 aliphatic carbocycles. The summed E-state index contributed by atoms with van der Waals surface area (Å²) in [5, 5.41) is 11.8. The molecule has 1 aromatic rings. The van der Waals surface area contributed by atoms with Gasteiger partial charge in [-0.05, 0) is 30.2 Å². The van der Waals surface area contributed by atoms with Crippen molar-refractivity contribution in [2.45, 2.75) is 52.0 Å². The van der Waals surface area contributed by atoms with Crippen LogP contribution < -0.4 is 5.32 Å². The van der Waals surface area contributed by atoms with Gasteiger partial charge in [0.05, 0.1) is 0 Å². The number of carboxylic acid groups (broad SMARTS) is 1. The highest BCUT2D eigenvalue weighted by Crippen LogP contribution is 2.22. The van der Waals surface area contributed by atoms with Gasteiger partial charge in [0, 0.05) is 6.42 Å². The Balaban J connectivity index is 2.64. The van der Waals surface area contributed by atoms with Crippen LogP contribution in [0.3, 0.4) is 0 Å². The smallest absolute Gasteiger partial charge is 0.326 e. The molecule has 0 saturated heterocycles. The molecule has 1 aromatic carbocycles. The molecule has 0 saturated carbocycles. The first-order valence-corrected chi connectivity index (χ1v) is 7.51. The molecule has 116 valence electrons. The van der Waals surface area contributed by atoms with Crippen LogP contribution in [0.25, 0.3) is 0 Å². The van der Waals surface area contributed by atoms with Crippen molar-refractivity contribution >= 4 is 11.9 Å². The monoisotopic (exact) mass is 291 g/mol. The molecule has 0 aliphatic heterocycles. The second kappa shape index (κ2) is 8.45. The number of carbonyl (C=O) groups is 2. The SMILES string of the molecule is CCC(CC(=O)N[C@@H](CC(C)C)C(=O)O)c1ccccc1. The summed E-state index contributed by atoms with van der Waals surface area (Å²) in [6.45, 7) is 5.93. The summed E-state index contributed by atoms with van der Waals surface area (Å²) in [7, 11) is 0. The zero-order valence-corrected chi connectivity index (χ0v) is 13.0. The fourth-order valence-corrected chi connectivity index (χ4v) is 2.39.